The maximum atomic E-state index is 12.0. The molecule has 1 saturated heterocycles. The molecule has 1 fully saturated rings. The molecule has 1 aromatic heterocycles. The van der Waals surface area contributed by atoms with Crippen LogP contribution >= 0.6 is 0 Å². The van der Waals surface area contributed by atoms with Crippen LogP contribution < -0.4 is 16.8 Å². The van der Waals surface area contributed by atoms with E-state index in [-0.39, 0.29) is 12.0 Å². The first kappa shape index (κ1) is 13.6. The van der Waals surface area contributed by atoms with Crippen LogP contribution in [0.1, 0.15) is 23.3 Å². The second-order valence-corrected chi connectivity index (χ2v) is 4.64. The molecule has 1 aromatic rings. The molecule has 7 heteroatoms. The Morgan fingerprint density at radius 1 is 1.53 bits per heavy atom. The molecule has 104 valence electrons. The maximum Gasteiger partial charge on any atom is 0.265 e. The SMILES string of the molecule is Cn1cc(NC(=O)[C@@H]2CC[C@H](CN)O2)cc1C(N)=O. The van der Waals surface area contributed by atoms with E-state index in [1.54, 1.807) is 17.8 Å². The molecule has 2 amide bonds. The van der Waals surface area contributed by atoms with Crippen LogP contribution in [0.4, 0.5) is 5.69 Å². The molecule has 0 unspecified atom stereocenters. The number of carbonyl (C=O) groups excluding carboxylic acids is 2. The fourth-order valence-electron chi connectivity index (χ4n) is 2.17. The monoisotopic (exact) mass is 266 g/mol. The summed E-state index contributed by atoms with van der Waals surface area (Å²) in [6.07, 6.45) is 2.55. The highest BCUT2D eigenvalue weighted by Gasteiger charge is 2.30. The Bertz CT molecular complexity index is 497. The normalized spacial score (nSPS) is 22.4. The zero-order chi connectivity index (χ0) is 14.0. The molecule has 2 heterocycles. The smallest absolute Gasteiger partial charge is 0.265 e. The first-order valence-electron chi connectivity index (χ1n) is 6.14. The van der Waals surface area contributed by atoms with Crippen LogP contribution in [0, 0.1) is 0 Å². The number of anilines is 1. The molecular weight excluding hydrogens is 248 g/mol. The van der Waals surface area contributed by atoms with Crippen molar-refractivity contribution in [1.82, 2.24) is 4.57 Å². The second-order valence-electron chi connectivity index (χ2n) is 4.64. The Morgan fingerprint density at radius 2 is 2.26 bits per heavy atom. The fraction of sp³-hybridized carbons (Fsp3) is 0.500. The molecule has 0 aliphatic carbocycles. The van der Waals surface area contributed by atoms with Gasteiger partial charge in [0, 0.05) is 19.8 Å². The summed E-state index contributed by atoms with van der Waals surface area (Å²) >= 11 is 0. The van der Waals surface area contributed by atoms with Gasteiger partial charge in [-0.1, -0.05) is 0 Å². The molecule has 0 bridgehead atoms. The number of hydrogen-bond donors (Lipinski definition) is 3. The van der Waals surface area contributed by atoms with Crippen molar-refractivity contribution >= 4 is 17.5 Å². The largest absolute Gasteiger partial charge is 0.364 e. The standard InChI is InChI=1S/C12H18N4O3/c1-16-6-7(4-9(16)11(14)17)15-12(18)10-3-2-8(5-13)19-10/h4,6,8,10H,2-3,5,13H2,1H3,(H2,14,17)(H,15,18)/t8-,10+/m1/s1. The average Bonchev–Trinajstić information content (AvgIpc) is 2.95. The molecule has 0 radical (unpaired) electrons. The van der Waals surface area contributed by atoms with Crippen molar-refractivity contribution in [2.45, 2.75) is 25.0 Å². The van der Waals surface area contributed by atoms with Crippen LogP contribution in [0.15, 0.2) is 12.3 Å². The van der Waals surface area contributed by atoms with Gasteiger partial charge in [0.05, 0.1) is 11.8 Å². The lowest BCUT2D eigenvalue weighted by Crippen LogP contribution is -2.29. The highest BCUT2D eigenvalue weighted by molar-refractivity contribution is 5.97. The molecule has 5 N–H and O–H groups in total. The van der Waals surface area contributed by atoms with E-state index in [9.17, 15) is 9.59 Å². The van der Waals surface area contributed by atoms with Crippen molar-refractivity contribution in [3.05, 3.63) is 18.0 Å². The third-order valence-electron chi connectivity index (χ3n) is 3.19. The Hall–Kier alpha value is -1.86. The summed E-state index contributed by atoms with van der Waals surface area (Å²) in [5.74, 6) is -0.763. The van der Waals surface area contributed by atoms with Gasteiger partial charge < -0.3 is 26.1 Å². The van der Waals surface area contributed by atoms with Gasteiger partial charge in [0.2, 0.25) is 0 Å². The number of aryl methyl sites for hydroxylation is 1. The quantitative estimate of drug-likeness (QED) is 0.686. The Labute approximate surface area is 110 Å². The molecule has 1 aliphatic heterocycles. The van der Waals surface area contributed by atoms with E-state index >= 15 is 0 Å². The lowest BCUT2D eigenvalue weighted by Gasteiger charge is -2.11. The van der Waals surface area contributed by atoms with Gasteiger partial charge in [0.25, 0.3) is 11.8 Å². The number of ether oxygens (including phenoxy) is 1. The van der Waals surface area contributed by atoms with Crippen molar-refractivity contribution < 1.29 is 14.3 Å². The van der Waals surface area contributed by atoms with E-state index in [4.69, 9.17) is 16.2 Å². The van der Waals surface area contributed by atoms with Crippen LogP contribution in [0.2, 0.25) is 0 Å². The van der Waals surface area contributed by atoms with Crippen LogP contribution in [-0.4, -0.2) is 35.1 Å². The Balaban J connectivity index is 1.99. The molecule has 19 heavy (non-hydrogen) atoms. The van der Waals surface area contributed by atoms with Gasteiger partial charge in [-0.2, -0.15) is 0 Å². The summed E-state index contributed by atoms with van der Waals surface area (Å²) in [4.78, 5) is 23.1. The van der Waals surface area contributed by atoms with E-state index in [0.717, 1.165) is 6.42 Å². The third kappa shape index (κ3) is 2.94. The number of nitrogens with two attached hydrogens (primary N) is 2. The number of nitrogens with one attached hydrogen (secondary N) is 1. The van der Waals surface area contributed by atoms with Crippen molar-refractivity contribution in [3.63, 3.8) is 0 Å². The van der Waals surface area contributed by atoms with Crippen molar-refractivity contribution in [2.75, 3.05) is 11.9 Å². The lowest BCUT2D eigenvalue weighted by atomic mass is 10.2. The number of aromatic nitrogens is 1. The predicted molar refractivity (Wildman–Crippen MR) is 69.5 cm³/mol. The molecule has 2 rings (SSSR count). The van der Waals surface area contributed by atoms with Crippen LogP contribution in [0.5, 0.6) is 0 Å². The van der Waals surface area contributed by atoms with Crippen molar-refractivity contribution in [2.24, 2.45) is 18.5 Å². The Kier molecular flexibility index (Phi) is 3.87. The number of rotatable bonds is 4. The number of hydrogen-bond acceptors (Lipinski definition) is 4. The minimum atomic E-state index is -0.539. The number of amides is 2. The molecule has 1 aliphatic rings. The minimum absolute atomic E-state index is 0.0484. The van der Waals surface area contributed by atoms with Crippen LogP contribution in [-0.2, 0) is 16.6 Å². The Morgan fingerprint density at radius 3 is 2.79 bits per heavy atom. The van der Waals surface area contributed by atoms with Gasteiger partial charge in [-0.05, 0) is 18.9 Å². The van der Waals surface area contributed by atoms with Gasteiger partial charge in [-0.3, -0.25) is 9.59 Å². The topological polar surface area (TPSA) is 112 Å². The van der Waals surface area contributed by atoms with Gasteiger partial charge >= 0.3 is 0 Å². The van der Waals surface area contributed by atoms with Crippen LogP contribution in [0.25, 0.3) is 0 Å². The zero-order valence-electron chi connectivity index (χ0n) is 10.8. The molecule has 2 atom stereocenters. The first-order chi connectivity index (χ1) is 9.01. The van der Waals surface area contributed by atoms with Gasteiger partial charge in [0.15, 0.2) is 0 Å². The lowest BCUT2D eigenvalue weighted by molar-refractivity contribution is -0.126. The van der Waals surface area contributed by atoms with Gasteiger partial charge in [-0.25, -0.2) is 0 Å². The molecule has 7 nitrogen and oxygen atoms in total. The van der Waals surface area contributed by atoms with Crippen molar-refractivity contribution in [3.8, 4) is 0 Å². The van der Waals surface area contributed by atoms with E-state index in [2.05, 4.69) is 5.32 Å². The highest BCUT2D eigenvalue weighted by Crippen LogP contribution is 2.21. The average molecular weight is 266 g/mol. The zero-order valence-corrected chi connectivity index (χ0v) is 10.8. The van der Waals surface area contributed by atoms with E-state index in [0.29, 0.717) is 24.3 Å². The van der Waals surface area contributed by atoms with Crippen molar-refractivity contribution in [1.29, 1.82) is 0 Å². The summed E-state index contributed by atoms with van der Waals surface area (Å²) < 4.78 is 7.06. The summed E-state index contributed by atoms with van der Waals surface area (Å²) in [5.41, 5.74) is 11.6. The number of primary amides is 1. The number of nitrogens with zero attached hydrogens (tertiary/aromatic N) is 1. The molecular formula is C12H18N4O3. The fourth-order valence-corrected chi connectivity index (χ4v) is 2.17. The van der Waals surface area contributed by atoms with Crippen LogP contribution in [0.3, 0.4) is 0 Å². The summed E-state index contributed by atoms with van der Waals surface area (Å²) in [7, 11) is 1.69. The van der Waals surface area contributed by atoms with E-state index < -0.39 is 12.0 Å². The predicted octanol–water partition coefficient (Wildman–Crippen LogP) is -0.431. The minimum Gasteiger partial charge on any atom is -0.364 e. The number of carbonyl (C=O) groups is 2. The summed E-state index contributed by atoms with van der Waals surface area (Å²) in [6.45, 7) is 0.418. The van der Waals surface area contributed by atoms with E-state index in [1.165, 1.54) is 6.07 Å². The summed E-state index contributed by atoms with van der Waals surface area (Å²) in [6, 6.07) is 1.54. The third-order valence-corrected chi connectivity index (χ3v) is 3.19. The molecule has 0 saturated carbocycles. The maximum absolute atomic E-state index is 12.0. The van der Waals surface area contributed by atoms with Gasteiger partial charge in [-0.15, -0.1) is 0 Å². The second kappa shape index (κ2) is 5.41. The first-order valence-corrected chi connectivity index (χ1v) is 6.14. The van der Waals surface area contributed by atoms with E-state index in [1.807, 2.05) is 0 Å². The highest BCUT2D eigenvalue weighted by atomic mass is 16.5. The molecule has 0 spiro atoms. The van der Waals surface area contributed by atoms with Gasteiger partial charge in [0.1, 0.15) is 11.8 Å². The molecule has 0 aromatic carbocycles. The summed E-state index contributed by atoms with van der Waals surface area (Å²) in [5, 5.41) is 2.71.